The quantitative estimate of drug-likeness (QED) is 0.225. The average molecular weight is 476 g/mol. The first-order valence-corrected chi connectivity index (χ1v) is 13.1. The van der Waals surface area contributed by atoms with E-state index in [0.29, 0.717) is 5.56 Å². The van der Waals surface area contributed by atoms with E-state index in [1.54, 1.807) is 0 Å². The van der Waals surface area contributed by atoms with Gasteiger partial charge in [0.1, 0.15) is 0 Å². The van der Waals surface area contributed by atoms with Crippen molar-refractivity contribution < 1.29 is 0 Å². The number of benzene rings is 4. The van der Waals surface area contributed by atoms with Crippen LogP contribution in [0, 0.1) is 18.3 Å². The molecule has 2 aliphatic carbocycles. The fraction of sp³-hybridized carbons (Fsp3) is 0.167. The lowest BCUT2D eigenvalue weighted by atomic mass is 9.65. The third-order valence-electron chi connectivity index (χ3n) is 8.05. The molecule has 0 aliphatic heterocycles. The maximum atomic E-state index is 9.93. The Morgan fingerprint density at radius 2 is 1.65 bits per heavy atom. The van der Waals surface area contributed by atoms with Crippen LogP contribution in [-0.4, -0.2) is 0 Å². The van der Waals surface area contributed by atoms with Crippen molar-refractivity contribution in [1.82, 2.24) is 0 Å². The van der Waals surface area contributed by atoms with Gasteiger partial charge in [0, 0.05) is 12.0 Å². The third kappa shape index (κ3) is 3.38. The van der Waals surface area contributed by atoms with E-state index in [1.807, 2.05) is 6.07 Å². The predicted molar refractivity (Wildman–Crippen MR) is 152 cm³/mol. The number of hydrogen-bond donors (Lipinski definition) is 0. The Morgan fingerprint density at radius 1 is 0.892 bits per heavy atom. The minimum atomic E-state index is -0.510. The molecule has 1 nitrogen and oxygen atoms in total. The molecule has 6 rings (SSSR count). The summed E-state index contributed by atoms with van der Waals surface area (Å²) in [7, 11) is 0. The van der Waals surface area contributed by atoms with Crippen molar-refractivity contribution >= 4 is 5.57 Å². The fourth-order valence-corrected chi connectivity index (χ4v) is 6.27. The first-order chi connectivity index (χ1) is 18.1. The Kier molecular flexibility index (Phi) is 5.57. The number of nitriles is 1. The molecule has 4 aromatic carbocycles. The molecule has 0 spiro atoms. The van der Waals surface area contributed by atoms with E-state index in [2.05, 4.69) is 117 Å². The standard InChI is InChI=1S/C36H29N/c1-4-10-28-12-6-8-16-33(28)36(32-15-7-5-11-24(32)2)34-20-18-29(25(3)27-13-9-14-27)22-31(34)30-19-17-26(23-37)21-35(30)36/h5-9,11-12,15-22H,3-4,10,13H2,1-2H3. The van der Waals surface area contributed by atoms with E-state index in [9.17, 15) is 5.26 Å². The van der Waals surface area contributed by atoms with Gasteiger partial charge in [0.25, 0.3) is 0 Å². The molecule has 0 saturated carbocycles. The Morgan fingerprint density at radius 3 is 2.35 bits per heavy atom. The monoisotopic (exact) mass is 475 g/mol. The van der Waals surface area contributed by atoms with Crippen molar-refractivity contribution in [3.8, 4) is 17.2 Å². The zero-order valence-corrected chi connectivity index (χ0v) is 21.4. The Balaban J connectivity index is 1.76. The first kappa shape index (κ1) is 23.1. The highest BCUT2D eigenvalue weighted by atomic mass is 14.5. The largest absolute Gasteiger partial charge is 0.192 e. The molecule has 0 amide bonds. The van der Waals surface area contributed by atoms with E-state index in [4.69, 9.17) is 0 Å². The molecular weight excluding hydrogens is 446 g/mol. The van der Waals surface area contributed by atoms with Gasteiger partial charge in [-0.15, -0.1) is 5.73 Å². The summed E-state index contributed by atoms with van der Waals surface area (Å²) >= 11 is 0. The molecular formula is C36H29N. The van der Waals surface area contributed by atoms with Crippen LogP contribution in [0.2, 0.25) is 0 Å². The van der Waals surface area contributed by atoms with E-state index in [0.717, 1.165) is 30.4 Å². The molecule has 0 saturated heterocycles. The second-order valence-corrected chi connectivity index (χ2v) is 10.1. The molecule has 178 valence electrons. The second-order valence-electron chi connectivity index (χ2n) is 10.1. The summed E-state index contributed by atoms with van der Waals surface area (Å²) in [6, 6.07) is 33.1. The molecule has 0 heterocycles. The molecule has 2 aliphatic rings. The maximum Gasteiger partial charge on any atom is 0.0991 e. The van der Waals surface area contributed by atoms with Gasteiger partial charge in [-0.1, -0.05) is 86.7 Å². The Bertz CT molecular complexity index is 1690. The second kappa shape index (κ2) is 8.94. The molecule has 0 fully saturated rings. The molecule has 0 radical (unpaired) electrons. The number of allylic oxidation sites excluding steroid dienone is 2. The zero-order chi connectivity index (χ0) is 25.6. The van der Waals surface area contributed by atoms with Crippen LogP contribution in [0.25, 0.3) is 16.7 Å². The van der Waals surface area contributed by atoms with Crippen molar-refractivity contribution in [2.75, 3.05) is 0 Å². The SMILES string of the molecule is C=C(C1=C=CC1)c1ccc2c(c1)-c1ccc(C#N)cc1C2(c1ccccc1C)c1ccccc1CCC. The molecule has 1 unspecified atom stereocenters. The molecule has 4 aromatic rings. The van der Waals surface area contributed by atoms with E-state index in [1.165, 1.54) is 50.1 Å². The summed E-state index contributed by atoms with van der Waals surface area (Å²) in [5, 5.41) is 9.93. The fourth-order valence-electron chi connectivity index (χ4n) is 6.27. The van der Waals surface area contributed by atoms with Gasteiger partial charge in [-0.25, -0.2) is 0 Å². The molecule has 1 heteroatoms. The van der Waals surface area contributed by atoms with E-state index < -0.39 is 5.41 Å². The smallest absolute Gasteiger partial charge is 0.0991 e. The van der Waals surface area contributed by atoms with E-state index >= 15 is 0 Å². The third-order valence-corrected chi connectivity index (χ3v) is 8.05. The van der Waals surface area contributed by atoms with Gasteiger partial charge < -0.3 is 0 Å². The van der Waals surface area contributed by atoms with Gasteiger partial charge in [-0.2, -0.15) is 5.26 Å². The van der Waals surface area contributed by atoms with Crippen LogP contribution < -0.4 is 0 Å². The van der Waals surface area contributed by atoms with Gasteiger partial charge >= 0.3 is 0 Å². The van der Waals surface area contributed by atoms with Gasteiger partial charge in [0.05, 0.1) is 17.0 Å². The average Bonchev–Trinajstić information content (AvgIpc) is 3.18. The number of fused-ring (bicyclic) bond motifs is 3. The summed E-state index contributed by atoms with van der Waals surface area (Å²) < 4.78 is 0. The summed E-state index contributed by atoms with van der Waals surface area (Å²) in [4.78, 5) is 0. The molecule has 0 aromatic heterocycles. The maximum absolute atomic E-state index is 9.93. The van der Waals surface area contributed by atoms with Crippen LogP contribution in [0.15, 0.2) is 109 Å². The van der Waals surface area contributed by atoms with Crippen LogP contribution in [0.4, 0.5) is 0 Å². The molecule has 0 bridgehead atoms. The van der Waals surface area contributed by atoms with Gasteiger partial charge in [0.2, 0.25) is 0 Å². The van der Waals surface area contributed by atoms with Crippen LogP contribution in [-0.2, 0) is 11.8 Å². The van der Waals surface area contributed by atoms with Crippen LogP contribution in [0.1, 0.15) is 64.3 Å². The van der Waals surface area contributed by atoms with Gasteiger partial charge in [-0.05, 0) is 93.3 Å². The number of hydrogen-bond acceptors (Lipinski definition) is 1. The van der Waals surface area contributed by atoms with E-state index in [-0.39, 0.29) is 0 Å². The molecule has 1 atom stereocenters. The lowest BCUT2D eigenvalue weighted by Crippen LogP contribution is -2.31. The summed E-state index contributed by atoms with van der Waals surface area (Å²) in [6.07, 6.45) is 5.05. The number of rotatable bonds is 6. The minimum absolute atomic E-state index is 0.510. The summed E-state index contributed by atoms with van der Waals surface area (Å²) in [6.45, 7) is 8.84. The van der Waals surface area contributed by atoms with Crippen LogP contribution in [0.3, 0.4) is 0 Å². The predicted octanol–water partition coefficient (Wildman–Crippen LogP) is 8.68. The van der Waals surface area contributed by atoms with Crippen LogP contribution >= 0.6 is 0 Å². The lowest BCUT2D eigenvalue weighted by Gasteiger charge is -2.36. The highest BCUT2D eigenvalue weighted by Crippen LogP contribution is 2.58. The zero-order valence-electron chi connectivity index (χ0n) is 21.4. The van der Waals surface area contributed by atoms with Crippen molar-refractivity contribution in [3.63, 3.8) is 0 Å². The van der Waals surface area contributed by atoms with Gasteiger partial charge in [0.15, 0.2) is 0 Å². The number of nitrogens with zero attached hydrogens (tertiary/aromatic N) is 1. The topological polar surface area (TPSA) is 23.8 Å². The summed E-state index contributed by atoms with van der Waals surface area (Å²) in [5.74, 6) is 0. The molecule has 37 heavy (non-hydrogen) atoms. The number of aryl methyl sites for hydroxylation is 2. The normalized spacial score (nSPS) is 16.8. The highest BCUT2D eigenvalue weighted by molar-refractivity contribution is 5.90. The minimum Gasteiger partial charge on any atom is -0.192 e. The van der Waals surface area contributed by atoms with Crippen LogP contribution in [0.5, 0.6) is 0 Å². The Hall–Kier alpha value is -4.37. The van der Waals surface area contributed by atoms with Crippen molar-refractivity contribution in [3.05, 3.63) is 153 Å². The Labute approximate surface area is 219 Å². The first-order valence-electron chi connectivity index (χ1n) is 13.1. The van der Waals surface area contributed by atoms with Gasteiger partial charge in [-0.3, -0.25) is 0 Å². The van der Waals surface area contributed by atoms with Crippen molar-refractivity contribution in [1.29, 1.82) is 5.26 Å². The highest BCUT2D eigenvalue weighted by Gasteiger charge is 2.48. The van der Waals surface area contributed by atoms with Crippen molar-refractivity contribution in [2.24, 2.45) is 0 Å². The lowest BCUT2D eigenvalue weighted by molar-refractivity contribution is 0.739. The summed E-state index contributed by atoms with van der Waals surface area (Å²) in [5.41, 5.74) is 16.9. The van der Waals surface area contributed by atoms with Crippen molar-refractivity contribution in [2.45, 2.75) is 38.5 Å². The molecule has 0 N–H and O–H groups in total.